The zero-order valence-corrected chi connectivity index (χ0v) is 6.77. The van der Waals surface area contributed by atoms with Crippen molar-refractivity contribution in [1.82, 2.24) is 5.32 Å². The number of carbonyl (C=O) groups excluding carboxylic acids is 1. The first-order chi connectivity index (χ1) is 4.54. The van der Waals surface area contributed by atoms with Crippen molar-refractivity contribution in [2.45, 2.75) is 26.8 Å². The van der Waals surface area contributed by atoms with Gasteiger partial charge in [0.15, 0.2) is 0 Å². The lowest BCUT2D eigenvalue weighted by molar-refractivity contribution is 0.360. The molecule has 2 heteroatoms. The zero-order chi connectivity index (χ0) is 8.20. The molecule has 0 saturated carbocycles. The summed E-state index contributed by atoms with van der Waals surface area (Å²) >= 11 is 0. The molecule has 10 heavy (non-hydrogen) atoms. The van der Waals surface area contributed by atoms with E-state index in [1.807, 2.05) is 26.8 Å². The molecule has 1 unspecified atom stereocenters. The molecule has 1 radical (unpaired) electrons. The quantitative estimate of drug-likeness (QED) is 0.462. The summed E-state index contributed by atoms with van der Waals surface area (Å²) < 4.78 is 0. The maximum atomic E-state index is 9.91. The summed E-state index contributed by atoms with van der Waals surface area (Å²) in [5, 5.41) is 2.56. The van der Waals surface area contributed by atoms with Crippen molar-refractivity contribution >= 4 is 6.41 Å². The van der Waals surface area contributed by atoms with Crippen LogP contribution in [-0.4, -0.2) is 12.5 Å². The van der Waals surface area contributed by atoms with Gasteiger partial charge >= 0.3 is 6.41 Å². The molecule has 0 aliphatic heterocycles. The Bertz CT molecular complexity index is 129. The molecule has 2 nitrogen and oxygen atoms in total. The van der Waals surface area contributed by atoms with E-state index in [-0.39, 0.29) is 11.5 Å². The van der Waals surface area contributed by atoms with Gasteiger partial charge in [-0.2, -0.15) is 0 Å². The fraction of sp³-hybridized carbons (Fsp3) is 0.625. The van der Waals surface area contributed by atoms with Gasteiger partial charge in [0.05, 0.1) is 0 Å². The van der Waals surface area contributed by atoms with E-state index in [0.717, 1.165) is 0 Å². The van der Waals surface area contributed by atoms with Crippen LogP contribution in [0.15, 0.2) is 12.7 Å². The average Bonchev–Trinajstić information content (AvgIpc) is 1.89. The molecule has 0 aliphatic carbocycles. The van der Waals surface area contributed by atoms with Crippen LogP contribution in [0.5, 0.6) is 0 Å². The van der Waals surface area contributed by atoms with Crippen LogP contribution in [0.2, 0.25) is 0 Å². The molecule has 0 spiro atoms. The fourth-order valence-electron chi connectivity index (χ4n) is 0.451. The first-order valence-electron chi connectivity index (χ1n) is 3.31. The number of hydrogen-bond acceptors (Lipinski definition) is 1. The Hall–Kier alpha value is -0.790. The predicted octanol–water partition coefficient (Wildman–Crippen LogP) is 1.24. The van der Waals surface area contributed by atoms with Crippen LogP contribution < -0.4 is 5.32 Å². The lowest BCUT2D eigenvalue weighted by atomic mass is 9.86. The average molecular weight is 140 g/mol. The fourth-order valence-corrected chi connectivity index (χ4v) is 0.451. The van der Waals surface area contributed by atoms with Gasteiger partial charge in [-0.1, -0.05) is 19.9 Å². The van der Waals surface area contributed by atoms with E-state index in [0.29, 0.717) is 0 Å². The highest BCUT2D eigenvalue weighted by Gasteiger charge is 2.20. The number of nitrogens with one attached hydrogen (secondary N) is 1. The van der Waals surface area contributed by atoms with Gasteiger partial charge in [0.2, 0.25) is 0 Å². The molecule has 1 atom stereocenters. The molecular weight excluding hydrogens is 126 g/mol. The largest absolute Gasteiger partial charge is 0.345 e. The summed E-state index contributed by atoms with van der Waals surface area (Å²) in [6, 6.07) is 0.0856. The van der Waals surface area contributed by atoms with E-state index in [4.69, 9.17) is 0 Å². The van der Waals surface area contributed by atoms with Crippen LogP contribution in [0.4, 0.5) is 0 Å². The van der Waals surface area contributed by atoms with Gasteiger partial charge in [0.25, 0.3) is 0 Å². The van der Waals surface area contributed by atoms with E-state index in [1.54, 1.807) is 6.41 Å². The number of amides is 1. The molecule has 0 aromatic heterocycles. The maximum absolute atomic E-state index is 9.91. The molecule has 0 fully saturated rings. The molecule has 0 aromatic rings. The summed E-state index contributed by atoms with van der Waals surface area (Å²) in [4.78, 5) is 9.91. The normalized spacial score (nSPS) is 13.9. The summed E-state index contributed by atoms with van der Waals surface area (Å²) in [5.41, 5.74) is -0.0581. The molecule has 0 heterocycles. The molecule has 1 N–H and O–H groups in total. The van der Waals surface area contributed by atoms with E-state index in [1.165, 1.54) is 0 Å². The summed E-state index contributed by atoms with van der Waals surface area (Å²) in [6.07, 6.45) is 3.48. The van der Waals surface area contributed by atoms with Crippen molar-refractivity contribution in [3.8, 4) is 0 Å². The maximum Gasteiger partial charge on any atom is 0.309 e. The second-order valence-corrected chi connectivity index (χ2v) is 2.99. The van der Waals surface area contributed by atoms with Crippen molar-refractivity contribution in [2.24, 2.45) is 5.41 Å². The van der Waals surface area contributed by atoms with Gasteiger partial charge in [-0.15, -0.1) is 6.58 Å². The van der Waals surface area contributed by atoms with Gasteiger partial charge in [-0.3, -0.25) is 4.79 Å². The van der Waals surface area contributed by atoms with Gasteiger partial charge in [-0.05, 0) is 6.92 Å². The smallest absolute Gasteiger partial charge is 0.309 e. The van der Waals surface area contributed by atoms with Crippen LogP contribution in [0.3, 0.4) is 0 Å². The third-order valence-corrected chi connectivity index (χ3v) is 1.92. The topological polar surface area (TPSA) is 29.1 Å². The first-order valence-corrected chi connectivity index (χ1v) is 3.31. The Morgan fingerprint density at radius 3 is 2.50 bits per heavy atom. The minimum atomic E-state index is -0.0581. The number of rotatable bonds is 4. The Kier molecular flexibility index (Phi) is 3.13. The van der Waals surface area contributed by atoms with Crippen LogP contribution in [0.1, 0.15) is 20.8 Å². The monoisotopic (exact) mass is 140 g/mol. The number of hydrogen-bond donors (Lipinski definition) is 1. The van der Waals surface area contributed by atoms with Crippen LogP contribution in [-0.2, 0) is 4.79 Å². The lowest BCUT2D eigenvalue weighted by Gasteiger charge is -2.26. The highest BCUT2D eigenvalue weighted by Crippen LogP contribution is 2.20. The van der Waals surface area contributed by atoms with Crippen LogP contribution >= 0.6 is 0 Å². The molecule has 0 bridgehead atoms. The summed E-state index contributed by atoms with van der Waals surface area (Å²) in [6.45, 7) is 9.61. The third-order valence-electron chi connectivity index (χ3n) is 1.92. The second-order valence-electron chi connectivity index (χ2n) is 2.99. The second kappa shape index (κ2) is 3.40. The molecule has 0 aromatic carbocycles. The Morgan fingerprint density at radius 1 is 1.70 bits per heavy atom. The minimum absolute atomic E-state index is 0.0581. The summed E-state index contributed by atoms with van der Waals surface area (Å²) in [7, 11) is 0. The van der Waals surface area contributed by atoms with Crippen molar-refractivity contribution in [3.05, 3.63) is 12.7 Å². The summed E-state index contributed by atoms with van der Waals surface area (Å²) in [5.74, 6) is 0. The molecule has 0 aliphatic rings. The molecule has 57 valence electrons. The van der Waals surface area contributed by atoms with Crippen molar-refractivity contribution in [2.75, 3.05) is 0 Å². The molecule has 0 saturated heterocycles. The molecular formula is C8H14NO. The van der Waals surface area contributed by atoms with Crippen LogP contribution in [0, 0.1) is 5.41 Å². The lowest BCUT2D eigenvalue weighted by Crippen LogP contribution is -2.37. The minimum Gasteiger partial charge on any atom is -0.345 e. The highest BCUT2D eigenvalue weighted by atomic mass is 16.1. The first kappa shape index (κ1) is 9.21. The highest BCUT2D eigenvalue weighted by molar-refractivity contribution is 5.48. The van der Waals surface area contributed by atoms with Gasteiger partial charge < -0.3 is 5.32 Å². The van der Waals surface area contributed by atoms with Crippen LogP contribution in [0.25, 0.3) is 0 Å². The third kappa shape index (κ3) is 2.21. The Morgan fingerprint density at radius 2 is 2.20 bits per heavy atom. The van der Waals surface area contributed by atoms with Gasteiger partial charge in [0, 0.05) is 11.5 Å². The molecule has 1 amide bonds. The standard InChI is InChI=1S/C8H14NO/c1-5-8(3,4)7(2)9-6-10/h5,7H,1H2,2-4H3,(H,9,10). The Balaban J connectivity index is 4.02. The predicted molar refractivity (Wildman–Crippen MR) is 42.3 cm³/mol. The SMILES string of the molecule is C=CC(C)(C)C(C)N[C]=O. The van der Waals surface area contributed by atoms with E-state index >= 15 is 0 Å². The van der Waals surface area contributed by atoms with E-state index in [2.05, 4.69) is 11.9 Å². The molecule has 0 rings (SSSR count). The Labute approximate surface area is 62.3 Å². The van der Waals surface area contributed by atoms with Gasteiger partial charge in [-0.25, -0.2) is 0 Å². The van der Waals surface area contributed by atoms with E-state index in [9.17, 15) is 4.79 Å². The van der Waals surface area contributed by atoms with Crippen molar-refractivity contribution in [3.63, 3.8) is 0 Å². The van der Waals surface area contributed by atoms with Gasteiger partial charge in [0.1, 0.15) is 0 Å². The van der Waals surface area contributed by atoms with Crippen molar-refractivity contribution < 1.29 is 4.79 Å². The van der Waals surface area contributed by atoms with Crippen molar-refractivity contribution in [1.29, 1.82) is 0 Å². The van der Waals surface area contributed by atoms with E-state index < -0.39 is 0 Å². The zero-order valence-electron chi connectivity index (χ0n) is 6.77.